The maximum atomic E-state index is 14.4. The molecule has 0 spiro atoms. The van der Waals surface area contributed by atoms with E-state index in [-0.39, 0.29) is 53.9 Å². The van der Waals surface area contributed by atoms with Crippen molar-refractivity contribution in [2.75, 3.05) is 43.4 Å². The van der Waals surface area contributed by atoms with Crippen LogP contribution < -0.4 is 14.8 Å². The van der Waals surface area contributed by atoms with Crippen LogP contribution in [0.3, 0.4) is 0 Å². The summed E-state index contributed by atoms with van der Waals surface area (Å²) in [6.07, 6.45) is 1.55. The molecule has 0 radical (unpaired) electrons. The lowest BCUT2D eigenvalue weighted by molar-refractivity contribution is -0.0115. The van der Waals surface area contributed by atoms with Crippen LogP contribution in [0.4, 0.5) is 16.2 Å². The SMILES string of the molecule is Cc1noc(C)c1NC(=O)N(C)C[C@H]1OCCCC[C@@H](C)Oc2ccc(NS(=O)(=O)c3ccccc3)cc2C(=O)N([C@H](C)CO)C[C@@H]1C. The fourth-order valence-corrected chi connectivity index (χ4v) is 6.55. The molecule has 2 aromatic carbocycles. The summed E-state index contributed by atoms with van der Waals surface area (Å²) >= 11 is 0. The smallest absolute Gasteiger partial charge is 0.321 e. The lowest BCUT2D eigenvalue weighted by Crippen LogP contribution is -2.48. The fraction of sp³-hybridized carbons (Fsp3) is 0.500. The van der Waals surface area contributed by atoms with Crippen LogP contribution in [-0.4, -0.2) is 92.0 Å². The van der Waals surface area contributed by atoms with Gasteiger partial charge in [0.15, 0.2) is 5.76 Å². The predicted molar refractivity (Wildman–Crippen MR) is 182 cm³/mol. The van der Waals surface area contributed by atoms with Crippen LogP contribution in [0.5, 0.6) is 5.75 Å². The number of rotatable bonds is 8. The molecule has 4 atom stereocenters. The van der Waals surface area contributed by atoms with E-state index in [9.17, 15) is 23.1 Å². The molecule has 262 valence electrons. The standard InChI is InChI=1S/C34H47N5O8S/c1-22-19-39(23(2)21-40)33(41)29-18-27(37-48(43,44)28-13-8-7-9-14-28)15-16-30(29)46-24(3)12-10-11-17-45-31(22)20-38(6)34(42)35-32-25(4)36-47-26(32)5/h7-9,13-16,18,22-24,31,37,40H,10-12,17,19-21H2,1-6H3,(H,35,42)/t22-,23+,24+,31+/m0/s1. The van der Waals surface area contributed by atoms with Gasteiger partial charge in [-0.25, -0.2) is 13.2 Å². The molecule has 0 aliphatic carbocycles. The third kappa shape index (κ3) is 9.26. The molecule has 3 N–H and O–H groups in total. The average Bonchev–Trinajstić information content (AvgIpc) is 3.38. The van der Waals surface area contributed by atoms with Crippen molar-refractivity contribution in [1.29, 1.82) is 0 Å². The molecular formula is C34H47N5O8S. The number of aryl methyl sites for hydroxylation is 2. The molecule has 14 heteroatoms. The number of benzene rings is 2. The van der Waals surface area contributed by atoms with Gasteiger partial charge in [0.25, 0.3) is 15.9 Å². The quantitative estimate of drug-likeness (QED) is 0.294. The maximum Gasteiger partial charge on any atom is 0.321 e. The summed E-state index contributed by atoms with van der Waals surface area (Å²) in [5.74, 6) is 0.104. The number of nitrogens with zero attached hydrogens (tertiary/aromatic N) is 3. The highest BCUT2D eigenvalue weighted by Crippen LogP contribution is 2.30. The molecule has 1 aromatic heterocycles. The van der Waals surface area contributed by atoms with E-state index in [4.69, 9.17) is 14.0 Å². The minimum Gasteiger partial charge on any atom is -0.490 e. The summed E-state index contributed by atoms with van der Waals surface area (Å²) in [6, 6.07) is 11.6. The number of anilines is 2. The highest BCUT2D eigenvalue weighted by Gasteiger charge is 2.31. The Morgan fingerprint density at radius 1 is 1.15 bits per heavy atom. The van der Waals surface area contributed by atoms with Crippen molar-refractivity contribution < 1.29 is 37.1 Å². The van der Waals surface area contributed by atoms with Crippen molar-refractivity contribution in [3.63, 3.8) is 0 Å². The van der Waals surface area contributed by atoms with E-state index in [1.54, 1.807) is 63.1 Å². The number of nitrogens with one attached hydrogen (secondary N) is 2. The van der Waals surface area contributed by atoms with E-state index >= 15 is 0 Å². The van der Waals surface area contributed by atoms with Crippen molar-refractivity contribution in [2.45, 2.75) is 77.0 Å². The van der Waals surface area contributed by atoms with Gasteiger partial charge in [0.05, 0.1) is 35.3 Å². The van der Waals surface area contributed by atoms with E-state index in [0.29, 0.717) is 35.9 Å². The third-order valence-corrected chi connectivity index (χ3v) is 9.82. The molecule has 3 amide bonds. The van der Waals surface area contributed by atoms with Gasteiger partial charge >= 0.3 is 6.03 Å². The molecule has 2 heterocycles. The topological polar surface area (TPSA) is 164 Å². The number of ether oxygens (including phenoxy) is 2. The Kier molecular flexibility index (Phi) is 12.5. The molecule has 1 aliphatic rings. The second-order valence-electron chi connectivity index (χ2n) is 12.4. The lowest BCUT2D eigenvalue weighted by Gasteiger charge is -2.35. The number of aromatic nitrogens is 1. The van der Waals surface area contributed by atoms with Crippen LogP contribution in [0.1, 0.15) is 61.8 Å². The molecule has 0 fully saturated rings. The largest absolute Gasteiger partial charge is 0.490 e. The van der Waals surface area contributed by atoms with Crippen LogP contribution in [0.2, 0.25) is 0 Å². The molecule has 0 saturated carbocycles. The summed E-state index contributed by atoms with van der Waals surface area (Å²) < 4.78 is 46.6. The molecule has 4 rings (SSSR count). The molecule has 48 heavy (non-hydrogen) atoms. The zero-order valence-electron chi connectivity index (χ0n) is 28.4. The van der Waals surface area contributed by atoms with Crippen molar-refractivity contribution in [3.8, 4) is 5.75 Å². The van der Waals surface area contributed by atoms with Crippen molar-refractivity contribution >= 4 is 33.3 Å². The first-order valence-corrected chi connectivity index (χ1v) is 17.7. The van der Waals surface area contributed by atoms with E-state index < -0.39 is 28.1 Å². The van der Waals surface area contributed by atoms with E-state index in [2.05, 4.69) is 15.2 Å². The number of amides is 3. The van der Waals surface area contributed by atoms with Crippen molar-refractivity contribution in [3.05, 3.63) is 65.5 Å². The molecule has 0 saturated heterocycles. The van der Waals surface area contributed by atoms with Gasteiger partial charge in [-0.1, -0.05) is 30.3 Å². The minimum atomic E-state index is -3.93. The van der Waals surface area contributed by atoms with Crippen molar-refractivity contribution in [2.24, 2.45) is 5.92 Å². The molecule has 13 nitrogen and oxygen atoms in total. The number of sulfonamides is 1. The van der Waals surface area contributed by atoms with Gasteiger partial charge in [-0.05, 0) is 77.3 Å². The van der Waals surface area contributed by atoms with Crippen molar-refractivity contribution in [1.82, 2.24) is 15.0 Å². The maximum absolute atomic E-state index is 14.4. The van der Waals surface area contributed by atoms with Crippen LogP contribution in [0, 0.1) is 19.8 Å². The van der Waals surface area contributed by atoms with Gasteiger partial charge in [0.2, 0.25) is 0 Å². The summed E-state index contributed by atoms with van der Waals surface area (Å²) in [4.78, 5) is 30.7. The number of aliphatic hydroxyl groups excluding tert-OH is 1. The summed E-state index contributed by atoms with van der Waals surface area (Å²) in [6.45, 7) is 9.60. The first kappa shape index (κ1) is 36.7. The summed E-state index contributed by atoms with van der Waals surface area (Å²) in [5, 5.41) is 17.0. The molecule has 3 aromatic rings. The number of likely N-dealkylation sites (N-methyl/N-ethyl adjacent to an activating group) is 1. The highest BCUT2D eigenvalue weighted by molar-refractivity contribution is 7.92. The summed E-state index contributed by atoms with van der Waals surface area (Å²) in [5.41, 5.74) is 1.44. The number of hydrogen-bond acceptors (Lipinski definition) is 9. The van der Waals surface area contributed by atoms with Gasteiger partial charge in [0.1, 0.15) is 17.1 Å². The van der Waals surface area contributed by atoms with Gasteiger partial charge in [-0.15, -0.1) is 0 Å². The number of urea groups is 1. The van der Waals surface area contributed by atoms with E-state index in [1.165, 1.54) is 23.1 Å². The van der Waals surface area contributed by atoms with E-state index in [0.717, 1.165) is 12.8 Å². The Morgan fingerprint density at radius 3 is 2.54 bits per heavy atom. The van der Waals surface area contributed by atoms with Crippen LogP contribution in [0.25, 0.3) is 0 Å². The lowest BCUT2D eigenvalue weighted by atomic mass is 10.0. The van der Waals surface area contributed by atoms with Crippen LogP contribution >= 0.6 is 0 Å². The number of carbonyl (C=O) groups is 2. The van der Waals surface area contributed by atoms with Crippen LogP contribution in [-0.2, 0) is 14.8 Å². The molecular weight excluding hydrogens is 638 g/mol. The second kappa shape index (κ2) is 16.3. The first-order valence-electron chi connectivity index (χ1n) is 16.2. The Labute approximate surface area is 282 Å². The minimum absolute atomic E-state index is 0.0852. The summed E-state index contributed by atoms with van der Waals surface area (Å²) in [7, 11) is -2.26. The average molecular weight is 686 g/mol. The zero-order chi connectivity index (χ0) is 35.0. The number of carbonyl (C=O) groups excluding carboxylic acids is 2. The highest BCUT2D eigenvalue weighted by atomic mass is 32.2. The monoisotopic (exact) mass is 685 g/mol. The van der Waals surface area contributed by atoms with Gasteiger partial charge in [-0.2, -0.15) is 0 Å². The van der Waals surface area contributed by atoms with Crippen LogP contribution in [0.15, 0.2) is 57.9 Å². The second-order valence-corrected chi connectivity index (χ2v) is 14.1. The predicted octanol–water partition coefficient (Wildman–Crippen LogP) is 5.05. The van der Waals surface area contributed by atoms with E-state index in [1.807, 2.05) is 13.8 Å². The van der Waals surface area contributed by atoms with Gasteiger partial charge < -0.3 is 34.2 Å². The molecule has 0 bridgehead atoms. The number of fused-ring (bicyclic) bond motifs is 1. The van der Waals surface area contributed by atoms with Gasteiger partial charge in [-0.3, -0.25) is 9.52 Å². The fourth-order valence-electron chi connectivity index (χ4n) is 5.48. The molecule has 0 unspecified atom stereocenters. The first-order chi connectivity index (χ1) is 22.8. The molecule has 1 aliphatic heterocycles. The third-order valence-electron chi connectivity index (χ3n) is 8.42. The zero-order valence-corrected chi connectivity index (χ0v) is 29.2. The number of aliphatic hydroxyl groups is 1. The Balaban J connectivity index is 1.63. The normalized spacial score (nSPS) is 20.2. The Bertz CT molecular complexity index is 1630. The number of hydrogen-bond donors (Lipinski definition) is 3. The Morgan fingerprint density at radius 2 is 1.88 bits per heavy atom. The Hall–Kier alpha value is -4.14. The van der Waals surface area contributed by atoms with Gasteiger partial charge in [0, 0.05) is 38.3 Å².